The number of hydrogen-bond acceptors (Lipinski definition) is 3. The van der Waals surface area contributed by atoms with Gasteiger partial charge in [-0.25, -0.2) is 4.79 Å². The highest BCUT2D eigenvalue weighted by molar-refractivity contribution is 5.87. The molecule has 2 unspecified atom stereocenters. The van der Waals surface area contributed by atoms with Crippen LogP contribution in [0.1, 0.15) is 27.7 Å². The standard InChI is InChI=1S/C14H25N3O4/c1-8(2)5-15-12(18)10(4)16-14(21)17-6-11(7-17)9(3)13(19)20/h8-11H,5-7H2,1-4H3,(H,15,18)(H,16,21)(H,19,20). The summed E-state index contributed by atoms with van der Waals surface area (Å²) in [5, 5.41) is 14.3. The molecular weight excluding hydrogens is 274 g/mol. The van der Waals surface area contributed by atoms with Crippen LogP contribution in [0, 0.1) is 17.8 Å². The number of carboxylic acid groups (broad SMARTS) is 1. The van der Waals surface area contributed by atoms with Crippen molar-refractivity contribution in [2.24, 2.45) is 17.8 Å². The molecule has 1 fully saturated rings. The molecule has 1 saturated heterocycles. The van der Waals surface area contributed by atoms with E-state index in [1.165, 1.54) is 4.90 Å². The van der Waals surface area contributed by atoms with Crippen LogP contribution in [0.15, 0.2) is 0 Å². The molecule has 2 atom stereocenters. The van der Waals surface area contributed by atoms with E-state index in [0.717, 1.165) is 0 Å². The summed E-state index contributed by atoms with van der Waals surface area (Å²) in [4.78, 5) is 36.0. The highest BCUT2D eigenvalue weighted by atomic mass is 16.4. The highest BCUT2D eigenvalue weighted by Crippen LogP contribution is 2.23. The second-order valence-electron chi connectivity index (χ2n) is 6.10. The third kappa shape index (κ3) is 4.91. The Kier molecular flexibility index (Phi) is 5.99. The van der Waals surface area contributed by atoms with E-state index in [0.29, 0.717) is 25.6 Å². The molecule has 21 heavy (non-hydrogen) atoms. The van der Waals surface area contributed by atoms with Crippen LogP contribution < -0.4 is 10.6 Å². The van der Waals surface area contributed by atoms with Crippen LogP contribution in [0.25, 0.3) is 0 Å². The van der Waals surface area contributed by atoms with Crippen molar-refractivity contribution >= 4 is 17.9 Å². The largest absolute Gasteiger partial charge is 0.481 e. The fourth-order valence-corrected chi connectivity index (χ4v) is 2.00. The number of rotatable bonds is 6. The van der Waals surface area contributed by atoms with Crippen LogP contribution in [0.2, 0.25) is 0 Å². The first-order valence-corrected chi connectivity index (χ1v) is 7.28. The van der Waals surface area contributed by atoms with Crippen LogP contribution in [0.4, 0.5) is 4.79 Å². The summed E-state index contributed by atoms with van der Waals surface area (Å²) in [7, 11) is 0. The smallest absolute Gasteiger partial charge is 0.318 e. The molecule has 0 saturated carbocycles. The first-order valence-electron chi connectivity index (χ1n) is 7.28. The molecule has 1 rings (SSSR count). The van der Waals surface area contributed by atoms with Crippen LogP contribution in [-0.4, -0.2) is 53.6 Å². The van der Waals surface area contributed by atoms with Gasteiger partial charge in [0.15, 0.2) is 0 Å². The Labute approximate surface area is 125 Å². The Hall–Kier alpha value is -1.79. The van der Waals surface area contributed by atoms with Crippen LogP contribution in [-0.2, 0) is 9.59 Å². The molecule has 0 bridgehead atoms. The lowest BCUT2D eigenvalue weighted by Crippen LogP contribution is -2.59. The predicted molar refractivity (Wildman–Crippen MR) is 77.7 cm³/mol. The monoisotopic (exact) mass is 299 g/mol. The Balaban J connectivity index is 2.32. The fraction of sp³-hybridized carbons (Fsp3) is 0.786. The molecule has 0 aromatic heterocycles. The zero-order chi connectivity index (χ0) is 16.2. The third-order valence-electron chi connectivity index (χ3n) is 3.71. The molecule has 0 aromatic carbocycles. The normalized spacial score (nSPS) is 17.9. The first-order chi connectivity index (χ1) is 9.72. The van der Waals surface area contributed by atoms with E-state index >= 15 is 0 Å². The maximum absolute atomic E-state index is 11.9. The number of urea groups is 1. The van der Waals surface area contributed by atoms with Crippen molar-refractivity contribution in [1.82, 2.24) is 15.5 Å². The summed E-state index contributed by atoms with van der Waals surface area (Å²) in [6.45, 7) is 8.66. The number of carbonyl (C=O) groups is 3. The zero-order valence-corrected chi connectivity index (χ0v) is 13.0. The molecule has 3 N–H and O–H groups in total. The van der Waals surface area contributed by atoms with Gasteiger partial charge in [-0.05, 0) is 12.8 Å². The topological polar surface area (TPSA) is 98.7 Å². The van der Waals surface area contributed by atoms with Crippen molar-refractivity contribution in [2.45, 2.75) is 33.7 Å². The minimum absolute atomic E-state index is 0.0154. The van der Waals surface area contributed by atoms with Crippen LogP contribution in [0.3, 0.4) is 0 Å². The average Bonchev–Trinajstić information content (AvgIpc) is 2.33. The van der Waals surface area contributed by atoms with Gasteiger partial charge in [0.2, 0.25) is 5.91 Å². The van der Waals surface area contributed by atoms with Crippen molar-refractivity contribution < 1.29 is 19.5 Å². The predicted octanol–water partition coefficient (Wildman–Crippen LogP) is 0.509. The number of carbonyl (C=O) groups excluding carboxylic acids is 2. The Morgan fingerprint density at radius 1 is 1.19 bits per heavy atom. The maximum atomic E-state index is 11.9. The fourth-order valence-electron chi connectivity index (χ4n) is 2.00. The molecule has 120 valence electrons. The van der Waals surface area contributed by atoms with Crippen LogP contribution >= 0.6 is 0 Å². The van der Waals surface area contributed by atoms with Gasteiger partial charge in [0.25, 0.3) is 0 Å². The van der Waals surface area contributed by atoms with Gasteiger partial charge in [0, 0.05) is 25.6 Å². The van der Waals surface area contributed by atoms with Crippen LogP contribution in [0.5, 0.6) is 0 Å². The van der Waals surface area contributed by atoms with Gasteiger partial charge >= 0.3 is 12.0 Å². The molecule has 7 heteroatoms. The number of nitrogens with one attached hydrogen (secondary N) is 2. The van der Waals surface area contributed by atoms with Crippen molar-refractivity contribution in [3.05, 3.63) is 0 Å². The van der Waals surface area contributed by atoms with Gasteiger partial charge < -0.3 is 20.6 Å². The average molecular weight is 299 g/mol. The van der Waals surface area contributed by atoms with Gasteiger partial charge in [-0.2, -0.15) is 0 Å². The maximum Gasteiger partial charge on any atom is 0.318 e. The summed E-state index contributed by atoms with van der Waals surface area (Å²) in [6, 6.07) is -0.928. The number of aliphatic carboxylic acids is 1. The van der Waals surface area contributed by atoms with Crippen molar-refractivity contribution in [3.63, 3.8) is 0 Å². The molecule has 3 amide bonds. The van der Waals surface area contributed by atoms with E-state index < -0.39 is 17.9 Å². The van der Waals surface area contributed by atoms with E-state index in [9.17, 15) is 14.4 Å². The first kappa shape index (κ1) is 17.3. The molecule has 0 aliphatic carbocycles. The minimum Gasteiger partial charge on any atom is -0.481 e. The number of amides is 3. The van der Waals surface area contributed by atoms with Gasteiger partial charge in [0.05, 0.1) is 5.92 Å². The van der Waals surface area contributed by atoms with E-state index in [-0.39, 0.29) is 17.9 Å². The van der Waals surface area contributed by atoms with Crippen molar-refractivity contribution in [1.29, 1.82) is 0 Å². The highest BCUT2D eigenvalue weighted by Gasteiger charge is 2.37. The van der Waals surface area contributed by atoms with Gasteiger partial charge in [-0.3, -0.25) is 9.59 Å². The lowest BCUT2D eigenvalue weighted by Gasteiger charge is -2.41. The quantitative estimate of drug-likeness (QED) is 0.665. The SMILES string of the molecule is CC(C)CNC(=O)C(C)NC(=O)N1CC(C(C)C(=O)O)C1. The van der Waals surface area contributed by atoms with Crippen molar-refractivity contribution in [3.8, 4) is 0 Å². The molecule has 0 radical (unpaired) electrons. The molecular formula is C14H25N3O4. The molecule has 1 aliphatic heterocycles. The van der Waals surface area contributed by atoms with E-state index in [1.807, 2.05) is 13.8 Å². The van der Waals surface area contributed by atoms with E-state index in [1.54, 1.807) is 13.8 Å². The minimum atomic E-state index is -0.846. The zero-order valence-electron chi connectivity index (χ0n) is 13.0. The summed E-state index contributed by atoms with van der Waals surface area (Å²) in [5.41, 5.74) is 0. The van der Waals surface area contributed by atoms with Gasteiger partial charge in [-0.15, -0.1) is 0 Å². The Morgan fingerprint density at radius 3 is 2.24 bits per heavy atom. The second-order valence-corrected chi connectivity index (χ2v) is 6.10. The molecule has 1 heterocycles. The van der Waals surface area contributed by atoms with E-state index in [4.69, 9.17) is 5.11 Å². The number of carboxylic acids is 1. The van der Waals surface area contributed by atoms with E-state index in [2.05, 4.69) is 10.6 Å². The third-order valence-corrected chi connectivity index (χ3v) is 3.71. The van der Waals surface area contributed by atoms with Gasteiger partial charge in [0.1, 0.15) is 6.04 Å². The summed E-state index contributed by atoms with van der Waals surface area (Å²) in [5.74, 6) is -1.18. The summed E-state index contributed by atoms with van der Waals surface area (Å²) in [6.07, 6.45) is 0. The second kappa shape index (κ2) is 7.28. The Morgan fingerprint density at radius 2 is 1.76 bits per heavy atom. The van der Waals surface area contributed by atoms with Gasteiger partial charge in [-0.1, -0.05) is 20.8 Å². The molecule has 1 aliphatic rings. The molecule has 0 aromatic rings. The van der Waals surface area contributed by atoms with Crippen molar-refractivity contribution in [2.75, 3.05) is 19.6 Å². The Bertz CT molecular complexity index is 405. The number of likely N-dealkylation sites (tertiary alicyclic amines) is 1. The molecule has 0 spiro atoms. The number of nitrogens with zero attached hydrogens (tertiary/aromatic N) is 1. The number of hydrogen-bond donors (Lipinski definition) is 3. The lowest BCUT2D eigenvalue weighted by molar-refractivity contribution is -0.144. The lowest BCUT2D eigenvalue weighted by atomic mass is 9.87. The summed E-state index contributed by atoms with van der Waals surface area (Å²) < 4.78 is 0. The summed E-state index contributed by atoms with van der Waals surface area (Å²) >= 11 is 0. The molecule has 7 nitrogen and oxygen atoms in total.